The van der Waals surface area contributed by atoms with Crippen LogP contribution in [0.4, 0.5) is 5.69 Å². The van der Waals surface area contributed by atoms with Gasteiger partial charge in [-0.05, 0) is 20.8 Å². The second kappa shape index (κ2) is 5.97. The molecule has 2 rings (SSSR count). The van der Waals surface area contributed by atoms with Gasteiger partial charge in [0.15, 0.2) is 0 Å². The van der Waals surface area contributed by atoms with Crippen LogP contribution in [0.1, 0.15) is 36.7 Å². The summed E-state index contributed by atoms with van der Waals surface area (Å²) in [4.78, 5) is 22.6. The number of rotatable bonds is 4. The van der Waals surface area contributed by atoms with Crippen LogP contribution in [0, 0.1) is 10.1 Å². The van der Waals surface area contributed by atoms with Gasteiger partial charge in [0.1, 0.15) is 0 Å². The Labute approximate surface area is 128 Å². The number of nitrogens with zero attached hydrogens (tertiary/aromatic N) is 3. The molecule has 1 N–H and O–H groups in total. The highest BCUT2D eigenvalue weighted by atomic mass is 16.6. The minimum Gasteiger partial charge on any atom is -0.348 e. The van der Waals surface area contributed by atoms with Gasteiger partial charge in [0.2, 0.25) is 0 Å². The van der Waals surface area contributed by atoms with Crippen molar-refractivity contribution in [1.29, 1.82) is 0 Å². The number of aromatic nitrogens is 2. The van der Waals surface area contributed by atoms with E-state index in [0.29, 0.717) is 11.1 Å². The monoisotopic (exact) mass is 302 g/mol. The van der Waals surface area contributed by atoms with Crippen molar-refractivity contribution in [3.63, 3.8) is 0 Å². The Morgan fingerprint density at radius 1 is 1.36 bits per heavy atom. The smallest absolute Gasteiger partial charge is 0.274 e. The number of nitro groups is 1. The maximum Gasteiger partial charge on any atom is 0.274 e. The van der Waals surface area contributed by atoms with Crippen molar-refractivity contribution in [2.45, 2.75) is 32.9 Å². The first-order valence-electron chi connectivity index (χ1n) is 6.84. The molecular weight excluding hydrogens is 284 g/mol. The first-order chi connectivity index (χ1) is 10.3. The Morgan fingerprint density at radius 3 is 2.64 bits per heavy atom. The molecule has 1 heterocycles. The molecule has 1 aromatic heterocycles. The van der Waals surface area contributed by atoms with Crippen LogP contribution in [0.25, 0.3) is 0 Å². The van der Waals surface area contributed by atoms with Crippen molar-refractivity contribution in [3.8, 4) is 0 Å². The molecule has 0 saturated carbocycles. The molecule has 7 nitrogen and oxygen atoms in total. The zero-order valence-corrected chi connectivity index (χ0v) is 12.7. The van der Waals surface area contributed by atoms with Crippen molar-refractivity contribution in [3.05, 3.63) is 57.9 Å². The Bertz CT molecular complexity index is 701. The van der Waals surface area contributed by atoms with Crippen molar-refractivity contribution in [2.24, 2.45) is 0 Å². The molecule has 116 valence electrons. The van der Waals surface area contributed by atoms with Crippen molar-refractivity contribution in [2.75, 3.05) is 0 Å². The molecule has 0 radical (unpaired) electrons. The van der Waals surface area contributed by atoms with E-state index in [2.05, 4.69) is 10.4 Å². The van der Waals surface area contributed by atoms with Gasteiger partial charge in [0.05, 0.1) is 22.2 Å². The summed E-state index contributed by atoms with van der Waals surface area (Å²) in [5.41, 5.74) is 0.669. The molecular formula is C15H18N4O3. The number of benzene rings is 1. The van der Waals surface area contributed by atoms with Gasteiger partial charge in [0, 0.05) is 24.4 Å². The van der Waals surface area contributed by atoms with Crippen molar-refractivity contribution < 1.29 is 9.72 Å². The quantitative estimate of drug-likeness (QED) is 0.694. The van der Waals surface area contributed by atoms with Crippen LogP contribution in [0.3, 0.4) is 0 Å². The third kappa shape index (κ3) is 3.49. The van der Waals surface area contributed by atoms with E-state index in [-0.39, 0.29) is 23.7 Å². The topological polar surface area (TPSA) is 90.1 Å². The van der Waals surface area contributed by atoms with E-state index in [1.807, 2.05) is 20.8 Å². The van der Waals surface area contributed by atoms with Crippen LogP contribution in [-0.2, 0) is 12.1 Å². The summed E-state index contributed by atoms with van der Waals surface area (Å²) in [5, 5.41) is 17.8. The molecule has 0 bridgehead atoms. The molecule has 0 aliphatic rings. The van der Waals surface area contributed by atoms with E-state index in [1.165, 1.54) is 12.3 Å². The number of hydrogen-bond donors (Lipinski definition) is 1. The van der Waals surface area contributed by atoms with E-state index in [4.69, 9.17) is 0 Å². The predicted octanol–water partition coefficient (Wildman–Crippen LogP) is 2.48. The summed E-state index contributed by atoms with van der Waals surface area (Å²) in [6, 6.07) is 6.33. The van der Waals surface area contributed by atoms with Crippen LogP contribution < -0.4 is 5.32 Å². The Balaban J connectivity index is 2.08. The third-order valence-corrected chi connectivity index (χ3v) is 3.16. The minimum absolute atomic E-state index is 0.00631. The molecule has 22 heavy (non-hydrogen) atoms. The second-order valence-corrected chi connectivity index (χ2v) is 5.91. The number of para-hydroxylation sites is 1. The number of nitro benzene ring substituents is 1. The third-order valence-electron chi connectivity index (χ3n) is 3.16. The second-order valence-electron chi connectivity index (χ2n) is 5.91. The maximum atomic E-state index is 12.1. The normalized spacial score (nSPS) is 11.2. The SMILES string of the molecule is CC(C)(C)n1cc(C(=O)NCc2ccccc2[N+](=O)[O-])cn1. The molecule has 0 saturated heterocycles. The summed E-state index contributed by atoms with van der Waals surface area (Å²) in [7, 11) is 0. The van der Waals surface area contributed by atoms with E-state index in [9.17, 15) is 14.9 Å². The highest BCUT2D eigenvalue weighted by Gasteiger charge is 2.18. The first kappa shape index (κ1) is 15.7. The predicted molar refractivity (Wildman–Crippen MR) is 81.5 cm³/mol. The van der Waals surface area contributed by atoms with Crippen LogP contribution in [0.15, 0.2) is 36.7 Å². The fourth-order valence-electron chi connectivity index (χ4n) is 1.92. The lowest BCUT2D eigenvalue weighted by Gasteiger charge is -2.18. The Morgan fingerprint density at radius 2 is 2.05 bits per heavy atom. The van der Waals surface area contributed by atoms with Gasteiger partial charge in [-0.1, -0.05) is 18.2 Å². The van der Waals surface area contributed by atoms with Gasteiger partial charge in [-0.2, -0.15) is 5.10 Å². The van der Waals surface area contributed by atoms with Gasteiger partial charge in [-0.3, -0.25) is 19.6 Å². The molecule has 0 unspecified atom stereocenters. The maximum absolute atomic E-state index is 12.1. The average Bonchev–Trinajstić information content (AvgIpc) is 2.95. The molecule has 0 fully saturated rings. The summed E-state index contributed by atoms with van der Waals surface area (Å²) < 4.78 is 1.70. The fourth-order valence-corrected chi connectivity index (χ4v) is 1.92. The minimum atomic E-state index is -0.459. The van der Waals surface area contributed by atoms with Gasteiger partial charge in [-0.25, -0.2) is 0 Å². The van der Waals surface area contributed by atoms with Crippen LogP contribution >= 0.6 is 0 Å². The van der Waals surface area contributed by atoms with Gasteiger partial charge >= 0.3 is 0 Å². The van der Waals surface area contributed by atoms with E-state index >= 15 is 0 Å². The van der Waals surface area contributed by atoms with Gasteiger partial charge < -0.3 is 5.32 Å². The van der Waals surface area contributed by atoms with Crippen molar-refractivity contribution in [1.82, 2.24) is 15.1 Å². The highest BCUT2D eigenvalue weighted by Crippen LogP contribution is 2.17. The molecule has 1 amide bonds. The van der Waals surface area contributed by atoms with E-state index in [0.717, 1.165) is 0 Å². The average molecular weight is 302 g/mol. The molecule has 0 spiro atoms. The zero-order chi connectivity index (χ0) is 16.3. The molecule has 0 aliphatic heterocycles. The number of amides is 1. The van der Waals surface area contributed by atoms with E-state index in [1.54, 1.807) is 29.1 Å². The number of hydrogen-bond acceptors (Lipinski definition) is 4. The van der Waals surface area contributed by atoms with Gasteiger partial charge in [-0.15, -0.1) is 0 Å². The summed E-state index contributed by atoms with van der Waals surface area (Å²) in [6.07, 6.45) is 3.15. The molecule has 0 aliphatic carbocycles. The molecule has 2 aromatic rings. The lowest BCUT2D eigenvalue weighted by molar-refractivity contribution is -0.385. The number of carbonyl (C=O) groups is 1. The van der Waals surface area contributed by atoms with Crippen LogP contribution in [0.5, 0.6) is 0 Å². The standard InChI is InChI=1S/C15H18N4O3/c1-15(2,3)18-10-12(9-17-18)14(20)16-8-11-6-4-5-7-13(11)19(21)22/h4-7,9-10H,8H2,1-3H3,(H,16,20). The van der Waals surface area contributed by atoms with Crippen LogP contribution in [-0.4, -0.2) is 20.6 Å². The van der Waals surface area contributed by atoms with Crippen LogP contribution in [0.2, 0.25) is 0 Å². The summed E-state index contributed by atoms with van der Waals surface area (Å²) in [5.74, 6) is -0.311. The first-order valence-corrected chi connectivity index (χ1v) is 6.84. The number of carbonyl (C=O) groups excluding carboxylic acids is 1. The molecule has 1 aromatic carbocycles. The fraction of sp³-hybridized carbons (Fsp3) is 0.333. The zero-order valence-electron chi connectivity index (χ0n) is 12.7. The van der Waals surface area contributed by atoms with E-state index < -0.39 is 4.92 Å². The van der Waals surface area contributed by atoms with Gasteiger partial charge in [0.25, 0.3) is 11.6 Å². The largest absolute Gasteiger partial charge is 0.348 e. The lowest BCUT2D eigenvalue weighted by Crippen LogP contribution is -2.24. The molecule has 0 atom stereocenters. The Hall–Kier alpha value is -2.70. The number of nitrogens with one attached hydrogen (secondary N) is 1. The summed E-state index contributed by atoms with van der Waals surface area (Å²) >= 11 is 0. The highest BCUT2D eigenvalue weighted by molar-refractivity contribution is 5.93. The Kier molecular flexibility index (Phi) is 4.25. The van der Waals surface area contributed by atoms with Crippen molar-refractivity contribution >= 4 is 11.6 Å². The molecule has 7 heteroatoms. The summed E-state index contributed by atoms with van der Waals surface area (Å²) in [6.45, 7) is 6.04. The lowest BCUT2D eigenvalue weighted by atomic mass is 10.1.